The second kappa shape index (κ2) is 5.22. The molecule has 0 radical (unpaired) electrons. The number of anilines is 1. The SMILES string of the molecule is Clc1ccc(Br)cc1N1CCCCCC1. The van der Waals surface area contributed by atoms with Crippen LogP contribution in [0.15, 0.2) is 22.7 Å². The summed E-state index contributed by atoms with van der Waals surface area (Å²) in [6, 6.07) is 6.07. The first-order valence-electron chi connectivity index (χ1n) is 5.47. The maximum absolute atomic E-state index is 6.22. The molecule has 1 nitrogen and oxygen atoms in total. The maximum Gasteiger partial charge on any atom is 0.0640 e. The van der Waals surface area contributed by atoms with Gasteiger partial charge in [0.05, 0.1) is 10.7 Å². The molecule has 0 amide bonds. The Hall–Kier alpha value is -0.210. The van der Waals surface area contributed by atoms with Gasteiger partial charge in [0.25, 0.3) is 0 Å². The van der Waals surface area contributed by atoms with Crippen LogP contribution in [0.2, 0.25) is 5.02 Å². The Balaban J connectivity index is 2.22. The van der Waals surface area contributed by atoms with Gasteiger partial charge in [0.1, 0.15) is 0 Å². The zero-order chi connectivity index (χ0) is 10.7. The molecular formula is C12H15BrClN. The molecule has 2 rings (SSSR count). The molecule has 0 spiro atoms. The Morgan fingerprint density at radius 1 is 1.07 bits per heavy atom. The number of hydrogen-bond donors (Lipinski definition) is 0. The first-order chi connectivity index (χ1) is 7.27. The molecular weight excluding hydrogens is 273 g/mol. The quantitative estimate of drug-likeness (QED) is 0.736. The molecule has 0 atom stereocenters. The van der Waals surface area contributed by atoms with E-state index in [-0.39, 0.29) is 0 Å². The molecule has 0 aromatic heterocycles. The zero-order valence-electron chi connectivity index (χ0n) is 8.68. The van der Waals surface area contributed by atoms with Crippen LogP contribution in [0.3, 0.4) is 0 Å². The van der Waals surface area contributed by atoms with Crippen LogP contribution in [0.1, 0.15) is 25.7 Å². The second-order valence-electron chi connectivity index (χ2n) is 4.00. The molecule has 1 aliphatic rings. The lowest BCUT2D eigenvalue weighted by Crippen LogP contribution is -2.24. The van der Waals surface area contributed by atoms with Crippen LogP contribution in [0.5, 0.6) is 0 Å². The van der Waals surface area contributed by atoms with E-state index in [2.05, 4.69) is 26.9 Å². The van der Waals surface area contributed by atoms with Crippen molar-refractivity contribution in [2.45, 2.75) is 25.7 Å². The van der Waals surface area contributed by atoms with Gasteiger partial charge in [0.2, 0.25) is 0 Å². The lowest BCUT2D eigenvalue weighted by molar-refractivity contribution is 0.726. The Labute approximate surface area is 105 Å². The third-order valence-corrected chi connectivity index (χ3v) is 3.67. The van der Waals surface area contributed by atoms with E-state index in [0.29, 0.717) is 0 Å². The van der Waals surface area contributed by atoms with E-state index in [1.165, 1.54) is 31.4 Å². The van der Waals surface area contributed by atoms with E-state index in [0.717, 1.165) is 22.6 Å². The van der Waals surface area contributed by atoms with Crippen molar-refractivity contribution in [3.8, 4) is 0 Å². The normalized spacial score (nSPS) is 17.6. The van der Waals surface area contributed by atoms with Crippen LogP contribution < -0.4 is 4.90 Å². The fraction of sp³-hybridized carbons (Fsp3) is 0.500. The summed E-state index contributed by atoms with van der Waals surface area (Å²) in [5.74, 6) is 0. The molecule has 3 heteroatoms. The third-order valence-electron chi connectivity index (χ3n) is 2.85. The minimum Gasteiger partial charge on any atom is -0.370 e. The van der Waals surface area contributed by atoms with Crippen LogP contribution in [0.4, 0.5) is 5.69 Å². The molecule has 0 bridgehead atoms. The average molecular weight is 289 g/mol. The minimum absolute atomic E-state index is 0.861. The van der Waals surface area contributed by atoms with Crippen LogP contribution in [-0.4, -0.2) is 13.1 Å². The third kappa shape index (κ3) is 2.88. The van der Waals surface area contributed by atoms with Crippen molar-refractivity contribution in [1.29, 1.82) is 0 Å². The van der Waals surface area contributed by atoms with Crippen LogP contribution in [0.25, 0.3) is 0 Å². The number of nitrogens with zero attached hydrogens (tertiary/aromatic N) is 1. The number of halogens is 2. The lowest BCUT2D eigenvalue weighted by Gasteiger charge is -2.23. The molecule has 1 aliphatic heterocycles. The molecule has 1 fully saturated rings. The molecule has 0 saturated carbocycles. The topological polar surface area (TPSA) is 3.24 Å². The molecule has 1 aromatic rings. The smallest absolute Gasteiger partial charge is 0.0640 e. The van der Waals surface area contributed by atoms with Gasteiger partial charge in [0.15, 0.2) is 0 Å². The highest BCUT2D eigenvalue weighted by molar-refractivity contribution is 9.10. The largest absolute Gasteiger partial charge is 0.370 e. The molecule has 1 heterocycles. The predicted octanol–water partition coefficient (Wildman–Crippen LogP) is 4.48. The molecule has 82 valence electrons. The van der Waals surface area contributed by atoms with Crippen molar-refractivity contribution < 1.29 is 0 Å². The number of hydrogen-bond acceptors (Lipinski definition) is 1. The van der Waals surface area contributed by atoms with Crippen LogP contribution >= 0.6 is 27.5 Å². The Kier molecular flexibility index (Phi) is 3.92. The summed E-state index contributed by atoms with van der Waals surface area (Å²) < 4.78 is 1.10. The zero-order valence-corrected chi connectivity index (χ0v) is 11.0. The lowest BCUT2D eigenvalue weighted by atomic mass is 10.2. The highest BCUT2D eigenvalue weighted by atomic mass is 79.9. The summed E-state index contributed by atoms with van der Waals surface area (Å²) in [5.41, 5.74) is 1.17. The van der Waals surface area contributed by atoms with Gasteiger partial charge >= 0.3 is 0 Å². The molecule has 1 saturated heterocycles. The van der Waals surface area contributed by atoms with E-state index in [1.54, 1.807) is 0 Å². The van der Waals surface area contributed by atoms with Gasteiger partial charge in [-0.2, -0.15) is 0 Å². The minimum atomic E-state index is 0.861. The second-order valence-corrected chi connectivity index (χ2v) is 5.32. The van der Waals surface area contributed by atoms with Gasteiger partial charge < -0.3 is 4.90 Å². The number of benzene rings is 1. The summed E-state index contributed by atoms with van der Waals surface area (Å²) >= 11 is 9.72. The van der Waals surface area contributed by atoms with Crippen molar-refractivity contribution in [1.82, 2.24) is 0 Å². The Bertz CT molecular complexity index is 332. The van der Waals surface area contributed by atoms with Gasteiger partial charge in [0, 0.05) is 17.6 Å². The van der Waals surface area contributed by atoms with E-state index >= 15 is 0 Å². The highest BCUT2D eigenvalue weighted by Gasteiger charge is 2.12. The van der Waals surface area contributed by atoms with Crippen molar-refractivity contribution in [2.24, 2.45) is 0 Å². The van der Waals surface area contributed by atoms with Gasteiger partial charge in [-0.05, 0) is 31.0 Å². The Morgan fingerprint density at radius 2 is 1.73 bits per heavy atom. The summed E-state index contributed by atoms with van der Waals surface area (Å²) in [6.45, 7) is 2.27. The summed E-state index contributed by atoms with van der Waals surface area (Å²) in [4.78, 5) is 2.40. The van der Waals surface area contributed by atoms with Crippen molar-refractivity contribution in [3.63, 3.8) is 0 Å². The molecule has 1 aromatic carbocycles. The van der Waals surface area contributed by atoms with Gasteiger partial charge in [-0.1, -0.05) is 40.4 Å². The van der Waals surface area contributed by atoms with Gasteiger partial charge in [-0.3, -0.25) is 0 Å². The predicted molar refractivity (Wildman–Crippen MR) is 69.8 cm³/mol. The highest BCUT2D eigenvalue weighted by Crippen LogP contribution is 2.30. The Morgan fingerprint density at radius 3 is 2.40 bits per heavy atom. The van der Waals surface area contributed by atoms with Crippen molar-refractivity contribution >= 4 is 33.2 Å². The summed E-state index contributed by atoms with van der Waals surface area (Å²) in [6.07, 6.45) is 5.26. The first-order valence-corrected chi connectivity index (χ1v) is 6.64. The van der Waals surface area contributed by atoms with E-state index < -0.39 is 0 Å². The molecule has 0 aliphatic carbocycles. The maximum atomic E-state index is 6.22. The van der Waals surface area contributed by atoms with Gasteiger partial charge in [-0.25, -0.2) is 0 Å². The molecule has 15 heavy (non-hydrogen) atoms. The average Bonchev–Trinajstić information content (AvgIpc) is 2.50. The van der Waals surface area contributed by atoms with Crippen molar-refractivity contribution in [2.75, 3.05) is 18.0 Å². The summed E-state index contributed by atoms with van der Waals surface area (Å²) in [7, 11) is 0. The number of rotatable bonds is 1. The standard InChI is InChI=1S/C12H15BrClN/c13-10-5-6-11(14)12(9-10)15-7-3-1-2-4-8-15/h5-6,9H,1-4,7-8H2. The van der Waals surface area contributed by atoms with E-state index in [4.69, 9.17) is 11.6 Å². The van der Waals surface area contributed by atoms with Crippen LogP contribution in [-0.2, 0) is 0 Å². The first kappa shape index (κ1) is 11.3. The summed E-state index contributed by atoms with van der Waals surface area (Å²) in [5, 5.41) is 0.861. The fourth-order valence-electron chi connectivity index (χ4n) is 2.04. The molecule has 0 unspecified atom stereocenters. The van der Waals surface area contributed by atoms with E-state index in [9.17, 15) is 0 Å². The van der Waals surface area contributed by atoms with Crippen molar-refractivity contribution in [3.05, 3.63) is 27.7 Å². The van der Waals surface area contributed by atoms with Gasteiger partial charge in [-0.15, -0.1) is 0 Å². The fourth-order valence-corrected chi connectivity index (χ4v) is 2.63. The van der Waals surface area contributed by atoms with Crippen LogP contribution in [0, 0.1) is 0 Å². The van der Waals surface area contributed by atoms with E-state index in [1.807, 2.05) is 12.1 Å². The monoisotopic (exact) mass is 287 g/mol. The molecule has 0 N–H and O–H groups in total.